The Balaban J connectivity index is 1.62. The van der Waals surface area contributed by atoms with Crippen LogP contribution in [0.25, 0.3) is 0 Å². The van der Waals surface area contributed by atoms with Crippen LogP contribution in [0.4, 0.5) is 5.69 Å². The van der Waals surface area contributed by atoms with E-state index in [2.05, 4.69) is 51.9 Å². The van der Waals surface area contributed by atoms with Crippen LogP contribution in [0.1, 0.15) is 24.0 Å². The van der Waals surface area contributed by atoms with Crippen LogP contribution < -0.4 is 10.6 Å². The van der Waals surface area contributed by atoms with Crippen molar-refractivity contribution in [1.29, 1.82) is 0 Å². The third-order valence-electron chi connectivity index (χ3n) is 4.76. The number of benzene rings is 2. The molecule has 1 aliphatic heterocycles. The summed E-state index contributed by atoms with van der Waals surface area (Å²) in [5, 5.41) is 6.38. The number of carbonyl (C=O) groups excluding carboxylic acids is 1. The van der Waals surface area contributed by atoms with Crippen LogP contribution in [0.2, 0.25) is 0 Å². The number of nitrogens with zero attached hydrogens (tertiary/aromatic N) is 1. The first kappa shape index (κ1) is 17.5. The minimum atomic E-state index is 0.0450. The quantitative estimate of drug-likeness (QED) is 0.851. The van der Waals surface area contributed by atoms with Gasteiger partial charge in [0.2, 0.25) is 5.91 Å². The Labute approximate surface area is 150 Å². The average Bonchev–Trinajstić information content (AvgIpc) is 2.64. The van der Waals surface area contributed by atoms with Gasteiger partial charge in [-0.1, -0.05) is 48.5 Å². The van der Waals surface area contributed by atoms with Crippen molar-refractivity contribution in [2.45, 2.75) is 31.8 Å². The van der Waals surface area contributed by atoms with Crippen LogP contribution in [0.5, 0.6) is 0 Å². The number of para-hydroxylation sites is 1. The molecule has 1 fully saturated rings. The zero-order valence-electron chi connectivity index (χ0n) is 14.9. The molecule has 1 saturated heterocycles. The Morgan fingerprint density at radius 1 is 1.12 bits per heavy atom. The summed E-state index contributed by atoms with van der Waals surface area (Å²) >= 11 is 0. The smallest absolute Gasteiger partial charge is 0.224 e. The molecule has 1 aliphatic rings. The minimum Gasteiger partial charge on any atom is -0.381 e. The summed E-state index contributed by atoms with van der Waals surface area (Å²) in [5.74, 6) is 0.0450. The zero-order chi connectivity index (χ0) is 17.5. The Morgan fingerprint density at radius 3 is 2.68 bits per heavy atom. The molecular formula is C21H27N3O. The molecule has 0 radical (unpaired) electrons. The van der Waals surface area contributed by atoms with Crippen LogP contribution in [-0.4, -0.2) is 37.0 Å². The molecule has 1 heterocycles. The van der Waals surface area contributed by atoms with E-state index in [0.717, 1.165) is 30.9 Å². The summed E-state index contributed by atoms with van der Waals surface area (Å²) in [6, 6.07) is 19.2. The maximum absolute atomic E-state index is 11.7. The zero-order valence-corrected chi connectivity index (χ0v) is 14.9. The first-order valence-corrected chi connectivity index (χ1v) is 9.06. The van der Waals surface area contributed by atoms with Crippen molar-refractivity contribution in [1.82, 2.24) is 10.2 Å². The first-order chi connectivity index (χ1) is 12.2. The highest BCUT2D eigenvalue weighted by Crippen LogP contribution is 2.21. The van der Waals surface area contributed by atoms with Gasteiger partial charge in [-0.3, -0.25) is 9.69 Å². The lowest BCUT2D eigenvalue weighted by Gasteiger charge is -2.34. The number of hydrogen-bond acceptors (Lipinski definition) is 3. The molecule has 25 heavy (non-hydrogen) atoms. The van der Waals surface area contributed by atoms with Crippen molar-refractivity contribution in [3.63, 3.8) is 0 Å². The molecule has 0 bridgehead atoms. The molecule has 3 rings (SSSR count). The van der Waals surface area contributed by atoms with E-state index in [0.29, 0.717) is 12.5 Å². The van der Waals surface area contributed by atoms with Crippen LogP contribution in [-0.2, 0) is 17.8 Å². The molecule has 0 aromatic heterocycles. The van der Waals surface area contributed by atoms with Crippen molar-refractivity contribution < 1.29 is 4.79 Å². The number of likely N-dealkylation sites (tertiary alicyclic amines) is 1. The summed E-state index contributed by atoms with van der Waals surface area (Å²) in [6.45, 7) is 3.18. The molecule has 0 spiro atoms. The Morgan fingerprint density at radius 2 is 1.88 bits per heavy atom. The summed E-state index contributed by atoms with van der Waals surface area (Å²) in [4.78, 5) is 14.2. The Bertz CT molecular complexity index is 687. The summed E-state index contributed by atoms with van der Waals surface area (Å²) in [6.07, 6.45) is 2.78. The molecule has 0 aliphatic carbocycles. The van der Waals surface area contributed by atoms with Crippen molar-refractivity contribution in [3.8, 4) is 0 Å². The van der Waals surface area contributed by atoms with Gasteiger partial charge < -0.3 is 10.6 Å². The second-order valence-corrected chi connectivity index (χ2v) is 6.71. The fourth-order valence-electron chi connectivity index (χ4n) is 3.46. The highest BCUT2D eigenvalue weighted by Gasteiger charge is 2.20. The molecule has 1 amide bonds. The van der Waals surface area contributed by atoms with Gasteiger partial charge in [-0.2, -0.15) is 0 Å². The highest BCUT2D eigenvalue weighted by atomic mass is 16.1. The number of nitrogens with one attached hydrogen (secondary N) is 2. The number of piperidine rings is 1. The van der Waals surface area contributed by atoms with E-state index in [4.69, 9.17) is 0 Å². The number of anilines is 1. The van der Waals surface area contributed by atoms with E-state index in [9.17, 15) is 4.79 Å². The lowest BCUT2D eigenvalue weighted by molar-refractivity contribution is -0.119. The van der Waals surface area contributed by atoms with Gasteiger partial charge in [-0.15, -0.1) is 0 Å². The Kier molecular flexibility index (Phi) is 6.07. The van der Waals surface area contributed by atoms with E-state index < -0.39 is 0 Å². The lowest BCUT2D eigenvalue weighted by Crippen LogP contribution is -2.41. The maximum atomic E-state index is 11.7. The summed E-state index contributed by atoms with van der Waals surface area (Å²) < 4.78 is 0. The van der Waals surface area contributed by atoms with Crippen LogP contribution >= 0.6 is 0 Å². The van der Waals surface area contributed by atoms with Crippen molar-refractivity contribution >= 4 is 11.6 Å². The second kappa shape index (κ2) is 8.67. The fourth-order valence-corrected chi connectivity index (χ4v) is 3.46. The third kappa shape index (κ3) is 5.07. The van der Waals surface area contributed by atoms with Crippen molar-refractivity contribution in [3.05, 3.63) is 65.7 Å². The van der Waals surface area contributed by atoms with Crippen molar-refractivity contribution in [2.24, 2.45) is 0 Å². The molecule has 1 atom stereocenters. The molecule has 2 N–H and O–H groups in total. The van der Waals surface area contributed by atoms with Gasteiger partial charge >= 0.3 is 0 Å². The standard InChI is InChI=1S/C21H27N3O/c1-22-21(25)14-18-10-5-6-12-20(18)23-19-11-7-13-24(16-19)15-17-8-3-2-4-9-17/h2-6,8-10,12,19,23H,7,11,13-16H2,1H3,(H,22,25)/t19-/m0/s1. The van der Waals surface area contributed by atoms with E-state index in [1.807, 2.05) is 18.2 Å². The van der Waals surface area contributed by atoms with E-state index in [-0.39, 0.29) is 5.91 Å². The van der Waals surface area contributed by atoms with Gasteiger partial charge in [0.15, 0.2) is 0 Å². The SMILES string of the molecule is CNC(=O)Cc1ccccc1N[C@H]1CCCN(Cc2ccccc2)C1. The number of rotatable bonds is 6. The maximum Gasteiger partial charge on any atom is 0.224 e. The molecule has 132 valence electrons. The van der Waals surface area contributed by atoms with Crippen LogP contribution in [0.3, 0.4) is 0 Å². The number of hydrogen-bond donors (Lipinski definition) is 2. The largest absolute Gasteiger partial charge is 0.381 e. The normalized spacial score (nSPS) is 17.9. The molecule has 2 aromatic carbocycles. The molecule has 2 aromatic rings. The van der Waals surface area contributed by atoms with E-state index in [1.54, 1.807) is 7.05 Å². The molecular weight excluding hydrogens is 310 g/mol. The number of carbonyl (C=O) groups is 1. The van der Waals surface area contributed by atoms with Crippen LogP contribution in [0.15, 0.2) is 54.6 Å². The van der Waals surface area contributed by atoms with E-state index in [1.165, 1.54) is 18.4 Å². The fraction of sp³-hybridized carbons (Fsp3) is 0.381. The number of amides is 1. The Hall–Kier alpha value is -2.33. The van der Waals surface area contributed by atoms with E-state index >= 15 is 0 Å². The highest BCUT2D eigenvalue weighted by molar-refractivity contribution is 5.80. The van der Waals surface area contributed by atoms with Gasteiger partial charge in [0.25, 0.3) is 0 Å². The molecule has 4 heteroatoms. The molecule has 0 unspecified atom stereocenters. The van der Waals surface area contributed by atoms with Crippen molar-refractivity contribution in [2.75, 3.05) is 25.5 Å². The molecule has 4 nitrogen and oxygen atoms in total. The number of likely N-dealkylation sites (N-methyl/N-ethyl adjacent to an activating group) is 1. The molecule has 0 saturated carbocycles. The van der Waals surface area contributed by atoms with Gasteiger partial charge in [-0.25, -0.2) is 0 Å². The van der Waals surface area contributed by atoms with Gasteiger partial charge in [-0.05, 0) is 36.6 Å². The predicted octanol–water partition coefficient (Wildman–Crippen LogP) is 3.05. The van der Waals surface area contributed by atoms with Gasteiger partial charge in [0.1, 0.15) is 0 Å². The van der Waals surface area contributed by atoms with Gasteiger partial charge in [0.05, 0.1) is 6.42 Å². The lowest BCUT2D eigenvalue weighted by atomic mass is 10.0. The topological polar surface area (TPSA) is 44.4 Å². The minimum absolute atomic E-state index is 0.0450. The predicted molar refractivity (Wildman–Crippen MR) is 103 cm³/mol. The summed E-state index contributed by atoms with van der Waals surface area (Å²) in [5.41, 5.74) is 3.50. The van der Waals surface area contributed by atoms with Crippen LogP contribution in [0, 0.1) is 0 Å². The third-order valence-corrected chi connectivity index (χ3v) is 4.76. The second-order valence-electron chi connectivity index (χ2n) is 6.71. The first-order valence-electron chi connectivity index (χ1n) is 9.06. The summed E-state index contributed by atoms with van der Waals surface area (Å²) in [7, 11) is 1.68. The monoisotopic (exact) mass is 337 g/mol. The van der Waals surface area contributed by atoms with Gasteiger partial charge in [0, 0.05) is 31.9 Å². The average molecular weight is 337 g/mol.